The van der Waals surface area contributed by atoms with Crippen LogP contribution in [0.2, 0.25) is 0 Å². The normalized spacial score (nSPS) is 36.6. The molecule has 1 saturated heterocycles. The third-order valence-corrected chi connectivity index (χ3v) is 6.10. The Morgan fingerprint density at radius 3 is 2.43 bits per heavy atom. The highest BCUT2D eigenvalue weighted by Gasteiger charge is 2.42. The molecule has 0 spiro atoms. The summed E-state index contributed by atoms with van der Waals surface area (Å²) >= 11 is 0. The van der Waals surface area contributed by atoms with Crippen LogP contribution in [-0.2, 0) is 0 Å². The van der Waals surface area contributed by atoms with Crippen molar-refractivity contribution in [2.75, 3.05) is 33.2 Å². The lowest BCUT2D eigenvalue weighted by Crippen LogP contribution is -2.60. The van der Waals surface area contributed by atoms with Gasteiger partial charge in [-0.2, -0.15) is 0 Å². The number of nitrogens with two attached hydrogens (primary N) is 1. The zero-order chi connectivity index (χ0) is 15.3. The van der Waals surface area contributed by atoms with Gasteiger partial charge < -0.3 is 10.6 Å². The Kier molecular flexibility index (Phi) is 6.51. The van der Waals surface area contributed by atoms with Crippen LogP contribution in [0.15, 0.2) is 0 Å². The molecule has 0 amide bonds. The molecule has 3 nitrogen and oxygen atoms in total. The van der Waals surface area contributed by atoms with Crippen molar-refractivity contribution in [2.24, 2.45) is 11.7 Å². The van der Waals surface area contributed by atoms with Gasteiger partial charge in [-0.1, -0.05) is 26.7 Å². The second-order valence-electron chi connectivity index (χ2n) is 7.53. The number of rotatable bonds is 5. The Balaban J connectivity index is 2.08. The molecule has 2 fully saturated rings. The van der Waals surface area contributed by atoms with Gasteiger partial charge in [-0.3, -0.25) is 4.90 Å². The largest absolute Gasteiger partial charge is 0.329 e. The summed E-state index contributed by atoms with van der Waals surface area (Å²) in [6, 6.07) is 0.698. The Bertz CT molecular complexity index is 297. The fourth-order valence-electron chi connectivity index (χ4n) is 4.74. The van der Waals surface area contributed by atoms with Crippen molar-refractivity contribution >= 4 is 0 Å². The van der Waals surface area contributed by atoms with Gasteiger partial charge in [0.1, 0.15) is 0 Å². The molecule has 21 heavy (non-hydrogen) atoms. The summed E-state index contributed by atoms with van der Waals surface area (Å²) in [4.78, 5) is 5.35. The Morgan fingerprint density at radius 2 is 1.86 bits per heavy atom. The van der Waals surface area contributed by atoms with E-state index in [1.807, 2.05) is 0 Å². The van der Waals surface area contributed by atoms with E-state index < -0.39 is 0 Å². The standard InChI is InChI=1S/C18H37N3/c1-4-7-16-8-10-18(15-19,11-9-16)21-13-6-12-20(3)14-17(21)5-2/h16-17H,4-15,19H2,1-3H3. The van der Waals surface area contributed by atoms with Crippen molar-refractivity contribution in [1.82, 2.24) is 9.80 Å². The molecule has 2 N–H and O–H groups in total. The minimum Gasteiger partial charge on any atom is -0.329 e. The lowest BCUT2D eigenvalue weighted by atomic mass is 9.73. The van der Waals surface area contributed by atoms with Crippen molar-refractivity contribution in [3.8, 4) is 0 Å². The molecule has 0 radical (unpaired) electrons. The highest BCUT2D eigenvalue weighted by atomic mass is 15.3. The molecule has 124 valence electrons. The molecule has 1 aliphatic carbocycles. The highest BCUT2D eigenvalue weighted by Crippen LogP contribution is 2.39. The molecule has 0 aromatic rings. The van der Waals surface area contributed by atoms with Crippen molar-refractivity contribution in [1.29, 1.82) is 0 Å². The van der Waals surface area contributed by atoms with Crippen molar-refractivity contribution in [2.45, 2.75) is 76.8 Å². The third kappa shape index (κ3) is 4.00. The number of hydrogen-bond donors (Lipinski definition) is 1. The maximum Gasteiger partial charge on any atom is 0.0335 e. The monoisotopic (exact) mass is 295 g/mol. The van der Waals surface area contributed by atoms with Crippen LogP contribution in [0.25, 0.3) is 0 Å². The fraction of sp³-hybridized carbons (Fsp3) is 1.00. The van der Waals surface area contributed by atoms with E-state index in [1.165, 1.54) is 71.0 Å². The molecule has 2 aliphatic rings. The van der Waals surface area contributed by atoms with Crippen molar-refractivity contribution in [3.05, 3.63) is 0 Å². The minimum absolute atomic E-state index is 0.302. The van der Waals surface area contributed by atoms with E-state index in [0.29, 0.717) is 11.6 Å². The molecule has 3 heteroatoms. The summed E-state index contributed by atoms with van der Waals surface area (Å²) in [7, 11) is 2.28. The molecular formula is C18H37N3. The van der Waals surface area contributed by atoms with E-state index in [2.05, 4.69) is 30.7 Å². The molecule has 2 rings (SSSR count). The molecule has 0 aromatic carbocycles. The van der Waals surface area contributed by atoms with Gasteiger partial charge in [0.25, 0.3) is 0 Å². The van der Waals surface area contributed by atoms with E-state index >= 15 is 0 Å². The quantitative estimate of drug-likeness (QED) is 0.846. The summed E-state index contributed by atoms with van der Waals surface area (Å²) < 4.78 is 0. The average molecular weight is 296 g/mol. The van der Waals surface area contributed by atoms with Crippen LogP contribution in [0.4, 0.5) is 0 Å². The molecule has 1 saturated carbocycles. The summed E-state index contributed by atoms with van der Waals surface area (Å²) in [5.41, 5.74) is 6.64. The molecule has 1 unspecified atom stereocenters. The summed E-state index contributed by atoms with van der Waals surface area (Å²) in [6.45, 7) is 9.24. The van der Waals surface area contributed by atoms with Gasteiger partial charge >= 0.3 is 0 Å². The van der Waals surface area contributed by atoms with Crippen molar-refractivity contribution in [3.63, 3.8) is 0 Å². The van der Waals surface area contributed by atoms with Crippen molar-refractivity contribution < 1.29 is 0 Å². The summed E-state index contributed by atoms with van der Waals surface area (Å²) in [5.74, 6) is 0.962. The molecule has 1 heterocycles. The SMILES string of the molecule is CCCC1CCC(CN)(N2CCCN(C)CC2CC)CC1. The smallest absolute Gasteiger partial charge is 0.0335 e. The van der Waals surface area contributed by atoms with Crippen LogP contribution in [-0.4, -0.2) is 54.6 Å². The lowest BCUT2D eigenvalue weighted by Gasteiger charge is -2.50. The first-order valence-electron chi connectivity index (χ1n) is 9.30. The zero-order valence-corrected chi connectivity index (χ0v) is 14.6. The van der Waals surface area contributed by atoms with Gasteiger partial charge in [0.15, 0.2) is 0 Å². The Hall–Kier alpha value is -0.120. The second kappa shape index (κ2) is 7.94. The van der Waals surface area contributed by atoms with E-state index in [4.69, 9.17) is 5.73 Å². The summed E-state index contributed by atoms with van der Waals surface area (Å²) in [5, 5.41) is 0. The fourth-order valence-corrected chi connectivity index (χ4v) is 4.74. The first-order valence-corrected chi connectivity index (χ1v) is 9.30. The van der Waals surface area contributed by atoms with Gasteiger partial charge in [0.05, 0.1) is 0 Å². The Morgan fingerprint density at radius 1 is 1.14 bits per heavy atom. The van der Waals surface area contributed by atoms with Crippen LogP contribution >= 0.6 is 0 Å². The summed E-state index contributed by atoms with van der Waals surface area (Å²) in [6.07, 6.45) is 10.8. The molecule has 0 aromatic heterocycles. The predicted molar refractivity (Wildman–Crippen MR) is 91.6 cm³/mol. The van der Waals surface area contributed by atoms with E-state index in [-0.39, 0.29) is 0 Å². The van der Waals surface area contributed by atoms with Crippen LogP contribution in [0.5, 0.6) is 0 Å². The number of hydrogen-bond acceptors (Lipinski definition) is 3. The van der Waals surface area contributed by atoms with Gasteiger partial charge in [-0.05, 0) is 58.0 Å². The molecule has 1 aliphatic heterocycles. The molecule has 0 bridgehead atoms. The van der Waals surface area contributed by atoms with Crippen LogP contribution in [0, 0.1) is 5.92 Å². The molecule has 1 atom stereocenters. The van der Waals surface area contributed by atoms with Gasteiger partial charge in [-0.15, -0.1) is 0 Å². The van der Waals surface area contributed by atoms with Crippen LogP contribution in [0.3, 0.4) is 0 Å². The maximum absolute atomic E-state index is 6.34. The maximum atomic E-state index is 6.34. The van der Waals surface area contributed by atoms with E-state index in [1.54, 1.807) is 0 Å². The Labute approximate surface area is 132 Å². The number of likely N-dealkylation sites (N-methyl/N-ethyl adjacent to an activating group) is 1. The lowest BCUT2D eigenvalue weighted by molar-refractivity contribution is 0.00678. The van der Waals surface area contributed by atoms with Crippen LogP contribution in [0.1, 0.15) is 65.2 Å². The average Bonchev–Trinajstić information content (AvgIpc) is 2.70. The van der Waals surface area contributed by atoms with Crippen LogP contribution < -0.4 is 5.73 Å². The van der Waals surface area contributed by atoms with Gasteiger partial charge in [0, 0.05) is 31.2 Å². The van der Waals surface area contributed by atoms with Gasteiger partial charge in [0.2, 0.25) is 0 Å². The second-order valence-corrected chi connectivity index (χ2v) is 7.53. The van der Waals surface area contributed by atoms with E-state index in [9.17, 15) is 0 Å². The minimum atomic E-state index is 0.302. The van der Waals surface area contributed by atoms with Gasteiger partial charge in [-0.25, -0.2) is 0 Å². The first-order chi connectivity index (χ1) is 10.1. The predicted octanol–water partition coefficient (Wildman–Crippen LogP) is 3.09. The van der Waals surface area contributed by atoms with E-state index in [0.717, 1.165) is 12.5 Å². The molecular weight excluding hydrogens is 258 g/mol. The topological polar surface area (TPSA) is 32.5 Å². The third-order valence-electron chi connectivity index (χ3n) is 6.10. The highest BCUT2D eigenvalue weighted by molar-refractivity contribution is 4.99. The first kappa shape index (κ1) is 17.2. The zero-order valence-electron chi connectivity index (χ0n) is 14.6. The number of nitrogens with zero attached hydrogens (tertiary/aromatic N) is 2.